The quantitative estimate of drug-likeness (QED) is 0.404. The van der Waals surface area contributed by atoms with Gasteiger partial charge in [-0.05, 0) is 33.7 Å². The third kappa shape index (κ3) is 4.13. The van der Waals surface area contributed by atoms with Crippen LogP contribution in [0, 0.1) is 0 Å². The Morgan fingerprint density at radius 3 is 1.83 bits per heavy atom. The average Bonchev–Trinajstić information content (AvgIpc) is 2.52. The van der Waals surface area contributed by atoms with Crippen LogP contribution in [0.2, 0.25) is 6.04 Å². The molecule has 23 heavy (non-hydrogen) atoms. The molecule has 0 unspecified atom stereocenters. The second kappa shape index (κ2) is 7.83. The number of rotatable bonds is 3. The van der Waals surface area contributed by atoms with Crippen LogP contribution in [0.15, 0.2) is 54.6 Å². The normalized spacial score (nSPS) is 10.6. The molecule has 1 N–H and O–H groups in total. The highest BCUT2D eigenvalue weighted by Gasteiger charge is 2.12. The molecule has 3 aromatic rings. The number of hydrogen-bond acceptors (Lipinski definition) is 1. The van der Waals surface area contributed by atoms with Crippen molar-refractivity contribution in [2.75, 3.05) is 0 Å². The maximum atomic E-state index is 11.4. The van der Waals surface area contributed by atoms with E-state index in [4.69, 9.17) is 0 Å². The molecular formula is C18H18F2O2Si. The fourth-order valence-corrected chi connectivity index (χ4v) is 2.90. The Hall–Kier alpha value is -2.27. The molecule has 0 fully saturated rings. The molecule has 0 aliphatic carbocycles. The van der Waals surface area contributed by atoms with Crippen molar-refractivity contribution >= 4 is 37.0 Å². The number of hydrogen-bond donors (Lipinski definition) is 1. The van der Waals surface area contributed by atoms with E-state index in [0.29, 0.717) is 12.0 Å². The first-order chi connectivity index (χ1) is 11.0. The maximum absolute atomic E-state index is 11.4. The van der Waals surface area contributed by atoms with Crippen molar-refractivity contribution < 1.29 is 18.1 Å². The Bertz CT molecular complexity index is 764. The molecule has 0 aliphatic rings. The van der Waals surface area contributed by atoms with E-state index in [-0.39, 0.29) is 6.04 Å². The Labute approximate surface area is 135 Å². The van der Waals surface area contributed by atoms with E-state index in [9.17, 15) is 18.1 Å². The van der Waals surface area contributed by atoms with E-state index in [1.54, 1.807) is 6.92 Å². The van der Waals surface area contributed by atoms with Gasteiger partial charge in [0, 0.05) is 0 Å². The van der Waals surface area contributed by atoms with Crippen molar-refractivity contribution in [1.82, 2.24) is 0 Å². The summed E-state index contributed by atoms with van der Waals surface area (Å²) in [5.41, 5.74) is 0.388. The van der Waals surface area contributed by atoms with Crippen LogP contribution in [0.3, 0.4) is 0 Å². The van der Waals surface area contributed by atoms with Crippen molar-refractivity contribution in [3.8, 4) is 0 Å². The molecule has 0 aliphatic heterocycles. The lowest BCUT2D eigenvalue weighted by molar-refractivity contribution is 0.0701. The molecule has 2 nitrogen and oxygen atoms in total. The molecule has 0 heterocycles. The largest absolute Gasteiger partial charge is 0.478 e. The zero-order valence-corrected chi connectivity index (χ0v) is 14.0. The highest BCUT2D eigenvalue weighted by Crippen LogP contribution is 2.28. The summed E-state index contributed by atoms with van der Waals surface area (Å²) in [6.45, 7) is 1.78. The summed E-state index contributed by atoms with van der Waals surface area (Å²) >= 11 is 0. The van der Waals surface area contributed by atoms with E-state index < -0.39 is 15.4 Å². The van der Waals surface area contributed by atoms with Crippen LogP contribution in [0.1, 0.15) is 23.7 Å². The minimum atomic E-state index is -3.17. The molecule has 5 heteroatoms. The molecule has 3 rings (SSSR count). The van der Waals surface area contributed by atoms with Gasteiger partial charge in [0.2, 0.25) is 0 Å². The van der Waals surface area contributed by atoms with Gasteiger partial charge in [-0.2, -0.15) is 0 Å². The lowest BCUT2D eigenvalue weighted by atomic mass is 9.97. The maximum Gasteiger partial charge on any atom is 0.411 e. The summed E-state index contributed by atoms with van der Waals surface area (Å²) in [7, 11) is -3.17. The summed E-state index contributed by atoms with van der Waals surface area (Å²) < 4.78 is 22.3. The number of halogens is 2. The SMILES string of the molecule is CCC[SiH](F)F.O=C(O)c1c2ccccc2cc2ccccc12. The summed E-state index contributed by atoms with van der Waals surface area (Å²) in [6, 6.07) is 17.4. The smallest absolute Gasteiger partial charge is 0.411 e. The van der Waals surface area contributed by atoms with Gasteiger partial charge in [0.15, 0.2) is 0 Å². The Balaban J connectivity index is 0.000000277. The molecule has 0 amide bonds. The minimum absolute atomic E-state index is 0.181. The highest BCUT2D eigenvalue weighted by molar-refractivity contribution is 6.42. The Morgan fingerprint density at radius 2 is 1.48 bits per heavy atom. The van der Waals surface area contributed by atoms with Gasteiger partial charge < -0.3 is 5.11 Å². The molecule has 3 aromatic carbocycles. The molecule has 0 saturated carbocycles. The fraction of sp³-hybridized carbons (Fsp3) is 0.167. The molecule has 0 saturated heterocycles. The fourth-order valence-electron chi connectivity index (χ4n) is 2.46. The molecular weight excluding hydrogens is 314 g/mol. The number of carbonyl (C=O) groups is 1. The van der Waals surface area contributed by atoms with E-state index in [1.807, 2.05) is 54.6 Å². The van der Waals surface area contributed by atoms with Gasteiger partial charge in [-0.1, -0.05) is 61.9 Å². The van der Waals surface area contributed by atoms with Gasteiger partial charge in [-0.3, -0.25) is 8.22 Å². The van der Waals surface area contributed by atoms with Crippen LogP contribution in [0.5, 0.6) is 0 Å². The van der Waals surface area contributed by atoms with Crippen LogP contribution in [-0.4, -0.2) is 20.5 Å². The number of aromatic carboxylic acids is 1. The Kier molecular flexibility index (Phi) is 5.82. The summed E-state index contributed by atoms with van der Waals surface area (Å²) in [6.07, 6.45) is 0.643. The zero-order chi connectivity index (χ0) is 16.8. The number of fused-ring (bicyclic) bond motifs is 2. The predicted octanol–water partition coefficient (Wildman–Crippen LogP) is 5.25. The van der Waals surface area contributed by atoms with Crippen molar-refractivity contribution in [3.05, 3.63) is 60.2 Å². The van der Waals surface area contributed by atoms with Crippen LogP contribution in [0.4, 0.5) is 8.22 Å². The average molecular weight is 332 g/mol. The lowest BCUT2D eigenvalue weighted by Crippen LogP contribution is -1.99. The monoisotopic (exact) mass is 332 g/mol. The van der Waals surface area contributed by atoms with Gasteiger partial charge >= 0.3 is 15.4 Å². The molecule has 0 bridgehead atoms. The molecule has 0 radical (unpaired) electrons. The summed E-state index contributed by atoms with van der Waals surface area (Å²) in [5, 5.41) is 12.9. The first kappa shape index (κ1) is 17.1. The van der Waals surface area contributed by atoms with Gasteiger partial charge in [0.05, 0.1) is 5.56 Å². The van der Waals surface area contributed by atoms with Crippen molar-refractivity contribution in [2.45, 2.75) is 19.4 Å². The number of carboxylic acid groups (broad SMARTS) is 1. The molecule has 0 spiro atoms. The van der Waals surface area contributed by atoms with Crippen molar-refractivity contribution in [1.29, 1.82) is 0 Å². The van der Waals surface area contributed by atoms with E-state index in [2.05, 4.69) is 0 Å². The topological polar surface area (TPSA) is 37.3 Å². The van der Waals surface area contributed by atoms with Crippen molar-refractivity contribution in [2.24, 2.45) is 0 Å². The lowest BCUT2D eigenvalue weighted by Gasteiger charge is -2.07. The second-order valence-electron chi connectivity index (χ2n) is 5.18. The van der Waals surface area contributed by atoms with Gasteiger partial charge in [-0.25, -0.2) is 4.79 Å². The summed E-state index contributed by atoms with van der Waals surface area (Å²) in [4.78, 5) is 11.4. The minimum Gasteiger partial charge on any atom is -0.478 e. The summed E-state index contributed by atoms with van der Waals surface area (Å²) in [5.74, 6) is -0.877. The molecule has 0 atom stereocenters. The van der Waals surface area contributed by atoms with E-state index >= 15 is 0 Å². The molecule has 0 aromatic heterocycles. The van der Waals surface area contributed by atoms with Gasteiger partial charge in [-0.15, -0.1) is 0 Å². The standard InChI is InChI=1S/C15H10O2.C3H8F2Si/c16-15(17)14-12-7-3-1-5-10(12)9-11-6-2-4-8-13(11)14;1-2-3-6(4)5/h1-9H,(H,16,17);6H,2-3H2,1H3. The van der Waals surface area contributed by atoms with E-state index in [1.165, 1.54) is 0 Å². The van der Waals surface area contributed by atoms with Gasteiger partial charge in [0.25, 0.3) is 0 Å². The first-order valence-corrected chi connectivity index (χ1v) is 9.15. The van der Waals surface area contributed by atoms with E-state index in [0.717, 1.165) is 21.5 Å². The Morgan fingerprint density at radius 1 is 1.00 bits per heavy atom. The third-order valence-corrected chi connectivity index (χ3v) is 4.51. The zero-order valence-electron chi connectivity index (χ0n) is 12.8. The van der Waals surface area contributed by atoms with Crippen LogP contribution < -0.4 is 0 Å². The second-order valence-corrected chi connectivity index (χ2v) is 6.54. The van der Waals surface area contributed by atoms with Crippen molar-refractivity contribution in [3.63, 3.8) is 0 Å². The van der Waals surface area contributed by atoms with Gasteiger partial charge in [0.1, 0.15) is 0 Å². The molecule has 120 valence electrons. The number of carboxylic acids is 1. The van der Waals surface area contributed by atoms with Crippen LogP contribution in [-0.2, 0) is 0 Å². The van der Waals surface area contributed by atoms with Crippen LogP contribution in [0.25, 0.3) is 21.5 Å². The number of benzene rings is 3. The first-order valence-electron chi connectivity index (χ1n) is 7.46. The predicted molar refractivity (Wildman–Crippen MR) is 92.9 cm³/mol. The van der Waals surface area contributed by atoms with Crippen LogP contribution >= 0.6 is 0 Å². The highest BCUT2D eigenvalue weighted by atomic mass is 28.4. The third-order valence-electron chi connectivity index (χ3n) is 3.49.